The van der Waals surface area contributed by atoms with Crippen molar-refractivity contribution < 1.29 is 33.3 Å². The Balaban J connectivity index is 1.77. The highest BCUT2D eigenvalue weighted by Crippen LogP contribution is 2.50. The number of ether oxygens (including phenoxy) is 5. The fraction of sp³-hybridized carbons (Fsp3) is 0.357. The number of allylic oxidation sites excluding steroid dienone is 3. The molecular weight excluding hydrogens is 462 g/mol. The average molecular weight is 494 g/mol. The molecule has 1 aliphatic heterocycles. The van der Waals surface area contributed by atoms with E-state index in [1.165, 1.54) is 14.2 Å². The lowest BCUT2D eigenvalue weighted by molar-refractivity contribution is -0.140. The Labute approximate surface area is 210 Å². The van der Waals surface area contributed by atoms with E-state index in [4.69, 9.17) is 23.7 Å². The van der Waals surface area contributed by atoms with Gasteiger partial charge in [-0.2, -0.15) is 0 Å². The Morgan fingerprint density at radius 3 is 2.28 bits per heavy atom. The summed E-state index contributed by atoms with van der Waals surface area (Å²) in [5.41, 5.74) is 3.86. The van der Waals surface area contributed by atoms with Gasteiger partial charge in [0.15, 0.2) is 17.3 Å². The minimum atomic E-state index is -0.674. The maximum absolute atomic E-state index is 13.6. The van der Waals surface area contributed by atoms with Crippen LogP contribution in [0.25, 0.3) is 0 Å². The first-order chi connectivity index (χ1) is 17.4. The number of Topliss-reactive ketones (excluding diaryl/α,β-unsaturated/α-hetero) is 1. The SMILES string of the molecule is COc1ccc(COC(=O)C2=C(C)NC3=C(C(=O)CCC3)[C@@H]2c2ccc(OC)c(OC)c2OC)cc1. The molecule has 190 valence electrons. The number of rotatable bonds is 8. The fourth-order valence-electron chi connectivity index (χ4n) is 4.86. The van der Waals surface area contributed by atoms with E-state index in [1.807, 2.05) is 37.3 Å². The molecule has 2 aliphatic rings. The molecule has 1 heterocycles. The maximum Gasteiger partial charge on any atom is 0.337 e. The molecule has 1 atom stereocenters. The van der Waals surface area contributed by atoms with Gasteiger partial charge in [0.05, 0.1) is 39.9 Å². The molecule has 0 spiro atoms. The van der Waals surface area contributed by atoms with Gasteiger partial charge in [-0.1, -0.05) is 18.2 Å². The quantitative estimate of drug-likeness (QED) is 0.540. The van der Waals surface area contributed by atoms with Crippen LogP contribution in [0.4, 0.5) is 0 Å². The van der Waals surface area contributed by atoms with Crippen molar-refractivity contribution in [3.05, 3.63) is 70.1 Å². The Bertz CT molecular complexity index is 1230. The van der Waals surface area contributed by atoms with Gasteiger partial charge in [0.2, 0.25) is 5.75 Å². The lowest BCUT2D eigenvalue weighted by Gasteiger charge is -2.35. The second-order valence-corrected chi connectivity index (χ2v) is 8.61. The van der Waals surface area contributed by atoms with Crippen LogP contribution in [-0.4, -0.2) is 40.2 Å². The normalized spacial score (nSPS) is 17.2. The standard InChI is InChI=1S/C28H31NO7/c1-16-23(28(31)36-15-17-9-11-18(32-2)12-10-17)24(25-20(29-16)7-6-8-21(25)30)19-13-14-22(33-3)27(35-5)26(19)34-4/h9-14,24,29H,6-8,15H2,1-5H3/t24-/m1/s1. The molecule has 0 radical (unpaired) electrons. The minimum Gasteiger partial charge on any atom is -0.497 e. The molecule has 0 saturated heterocycles. The Morgan fingerprint density at radius 1 is 0.917 bits per heavy atom. The number of carbonyl (C=O) groups is 2. The van der Waals surface area contributed by atoms with Crippen molar-refractivity contribution in [3.63, 3.8) is 0 Å². The molecule has 8 heteroatoms. The van der Waals surface area contributed by atoms with E-state index in [2.05, 4.69) is 5.32 Å². The third-order valence-electron chi connectivity index (χ3n) is 6.57. The van der Waals surface area contributed by atoms with E-state index in [9.17, 15) is 9.59 Å². The second kappa shape index (κ2) is 10.8. The largest absolute Gasteiger partial charge is 0.497 e. The number of dihydropyridines is 1. The van der Waals surface area contributed by atoms with E-state index in [0.717, 1.165) is 29.9 Å². The van der Waals surface area contributed by atoms with E-state index >= 15 is 0 Å². The second-order valence-electron chi connectivity index (χ2n) is 8.61. The van der Waals surface area contributed by atoms with Gasteiger partial charge in [-0.05, 0) is 43.5 Å². The number of hydrogen-bond donors (Lipinski definition) is 1. The molecule has 2 aromatic carbocycles. The molecule has 0 aromatic heterocycles. The van der Waals surface area contributed by atoms with Crippen molar-refractivity contribution in [1.82, 2.24) is 5.32 Å². The number of esters is 1. The van der Waals surface area contributed by atoms with Crippen LogP contribution in [0.3, 0.4) is 0 Å². The first-order valence-electron chi connectivity index (χ1n) is 11.8. The monoisotopic (exact) mass is 493 g/mol. The third kappa shape index (κ3) is 4.63. The van der Waals surface area contributed by atoms with E-state index in [-0.39, 0.29) is 12.4 Å². The third-order valence-corrected chi connectivity index (χ3v) is 6.57. The Morgan fingerprint density at radius 2 is 1.64 bits per heavy atom. The van der Waals surface area contributed by atoms with Crippen molar-refractivity contribution in [1.29, 1.82) is 0 Å². The van der Waals surface area contributed by atoms with Crippen LogP contribution in [-0.2, 0) is 20.9 Å². The van der Waals surface area contributed by atoms with Gasteiger partial charge in [-0.15, -0.1) is 0 Å². The first-order valence-corrected chi connectivity index (χ1v) is 11.8. The molecule has 36 heavy (non-hydrogen) atoms. The van der Waals surface area contributed by atoms with Gasteiger partial charge in [-0.25, -0.2) is 4.79 Å². The van der Waals surface area contributed by atoms with Gasteiger partial charge in [0.1, 0.15) is 12.4 Å². The summed E-state index contributed by atoms with van der Waals surface area (Å²) in [6, 6.07) is 10.9. The smallest absolute Gasteiger partial charge is 0.337 e. The summed E-state index contributed by atoms with van der Waals surface area (Å²) in [6.07, 6.45) is 1.89. The summed E-state index contributed by atoms with van der Waals surface area (Å²) in [5.74, 6) is 0.817. The zero-order valence-corrected chi connectivity index (χ0v) is 21.2. The highest BCUT2D eigenvalue weighted by Gasteiger charge is 2.41. The summed E-state index contributed by atoms with van der Waals surface area (Å²) in [6.45, 7) is 1.91. The highest BCUT2D eigenvalue weighted by atomic mass is 16.5. The summed E-state index contributed by atoms with van der Waals surface area (Å²) in [5, 5.41) is 3.31. The minimum absolute atomic E-state index is 0.00135. The molecular formula is C28H31NO7. The molecule has 0 amide bonds. The van der Waals surface area contributed by atoms with Crippen molar-refractivity contribution >= 4 is 11.8 Å². The lowest BCUT2D eigenvalue weighted by Crippen LogP contribution is -2.34. The number of methoxy groups -OCH3 is 4. The van der Waals surface area contributed by atoms with Gasteiger partial charge in [0.25, 0.3) is 0 Å². The molecule has 0 saturated carbocycles. The maximum atomic E-state index is 13.6. The van der Waals surface area contributed by atoms with Crippen LogP contribution >= 0.6 is 0 Å². The molecule has 0 bridgehead atoms. The number of hydrogen-bond acceptors (Lipinski definition) is 8. The predicted octanol–water partition coefficient (Wildman–Crippen LogP) is 4.43. The molecule has 1 N–H and O–H groups in total. The Hall–Kier alpha value is -3.94. The topological polar surface area (TPSA) is 92.3 Å². The molecule has 1 aliphatic carbocycles. The van der Waals surface area contributed by atoms with Crippen molar-refractivity contribution in [3.8, 4) is 23.0 Å². The summed E-state index contributed by atoms with van der Waals surface area (Å²) in [4.78, 5) is 26.8. The summed E-state index contributed by atoms with van der Waals surface area (Å²) < 4.78 is 27.7. The van der Waals surface area contributed by atoms with Crippen molar-refractivity contribution in [2.75, 3.05) is 28.4 Å². The van der Waals surface area contributed by atoms with E-state index < -0.39 is 11.9 Å². The Kier molecular flexibility index (Phi) is 7.52. The summed E-state index contributed by atoms with van der Waals surface area (Å²) in [7, 11) is 6.18. The highest BCUT2D eigenvalue weighted by molar-refractivity contribution is 6.04. The van der Waals surface area contributed by atoms with E-state index in [1.54, 1.807) is 20.3 Å². The molecule has 4 rings (SSSR count). The summed E-state index contributed by atoms with van der Waals surface area (Å²) >= 11 is 0. The van der Waals surface area contributed by atoms with Gasteiger partial charge in [0, 0.05) is 29.0 Å². The molecule has 0 fully saturated rings. The van der Waals surface area contributed by atoms with Crippen LogP contribution in [0, 0.1) is 0 Å². The van der Waals surface area contributed by atoms with Crippen molar-refractivity contribution in [2.24, 2.45) is 0 Å². The molecule has 8 nitrogen and oxygen atoms in total. The number of nitrogens with one attached hydrogen (secondary N) is 1. The zero-order chi connectivity index (χ0) is 25.8. The van der Waals surface area contributed by atoms with Crippen molar-refractivity contribution in [2.45, 2.75) is 38.7 Å². The van der Waals surface area contributed by atoms with Crippen LogP contribution in [0.2, 0.25) is 0 Å². The van der Waals surface area contributed by atoms with E-state index in [0.29, 0.717) is 46.1 Å². The van der Waals surface area contributed by atoms with Gasteiger partial charge in [-0.3, -0.25) is 4.79 Å². The molecule has 0 unspecified atom stereocenters. The predicted molar refractivity (Wildman–Crippen MR) is 133 cm³/mol. The van der Waals surface area contributed by atoms with Gasteiger partial charge >= 0.3 is 5.97 Å². The number of ketones is 1. The lowest BCUT2D eigenvalue weighted by atomic mass is 9.75. The first kappa shape index (κ1) is 25.2. The number of benzene rings is 2. The van der Waals surface area contributed by atoms with Crippen LogP contribution < -0.4 is 24.3 Å². The van der Waals surface area contributed by atoms with Crippen LogP contribution in [0.1, 0.15) is 43.2 Å². The average Bonchev–Trinajstić information content (AvgIpc) is 2.90. The fourth-order valence-corrected chi connectivity index (χ4v) is 4.86. The zero-order valence-electron chi connectivity index (χ0n) is 21.2. The molecule has 2 aromatic rings. The van der Waals surface area contributed by atoms with Crippen LogP contribution in [0.15, 0.2) is 58.9 Å². The van der Waals surface area contributed by atoms with Crippen LogP contribution in [0.5, 0.6) is 23.0 Å². The number of carbonyl (C=O) groups excluding carboxylic acids is 2. The van der Waals surface area contributed by atoms with Gasteiger partial charge < -0.3 is 29.0 Å².